The van der Waals surface area contributed by atoms with Gasteiger partial charge in [0.25, 0.3) is 5.56 Å². The Labute approximate surface area is 192 Å². The average molecular weight is 496 g/mol. The molecule has 1 aromatic carbocycles. The molecule has 0 spiro atoms. The molecule has 0 aliphatic carbocycles. The zero-order valence-corrected chi connectivity index (χ0v) is 18.7. The van der Waals surface area contributed by atoms with Gasteiger partial charge in [-0.1, -0.05) is 0 Å². The highest BCUT2D eigenvalue weighted by Crippen LogP contribution is 2.34. The third-order valence-corrected chi connectivity index (χ3v) is 6.00. The van der Waals surface area contributed by atoms with Gasteiger partial charge in [0.15, 0.2) is 5.13 Å². The van der Waals surface area contributed by atoms with Gasteiger partial charge >= 0.3 is 11.9 Å². The summed E-state index contributed by atoms with van der Waals surface area (Å²) >= 11 is 0.900. The smallest absolute Gasteiger partial charge is 0.416 e. The molecule has 0 aliphatic heterocycles. The van der Waals surface area contributed by atoms with Crippen LogP contribution >= 0.6 is 11.3 Å². The Morgan fingerprint density at radius 2 is 1.91 bits per heavy atom. The number of halogens is 4. The number of aryl methyl sites for hydroxylation is 2. The Morgan fingerprint density at radius 1 is 1.21 bits per heavy atom. The first kappa shape index (κ1) is 23.4. The van der Waals surface area contributed by atoms with Gasteiger partial charge in [-0.3, -0.25) is 18.7 Å². The number of alkyl halides is 3. The maximum absolute atomic E-state index is 14.1. The molecule has 0 unspecified atom stereocenters. The Kier molecular flexibility index (Phi) is 5.67. The second-order valence-electron chi connectivity index (χ2n) is 7.48. The summed E-state index contributed by atoms with van der Waals surface area (Å²) in [4.78, 5) is 41.4. The molecule has 4 rings (SSSR count). The van der Waals surface area contributed by atoms with Crippen LogP contribution in [0.4, 0.5) is 22.7 Å². The largest absolute Gasteiger partial charge is 0.444 e. The Balaban J connectivity index is 1.61. The van der Waals surface area contributed by atoms with Gasteiger partial charge in [-0.15, -0.1) is 11.3 Å². The number of hydrogen-bond donors (Lipinski definition) is 1. The number of nitrogens with one attached hydrogen (secondary N) is 1. The Hall–Kier alpha value is -3.74. The fraction of sp³-hybridized carbons (Fsp3) is 0.238. The highest BCUT2D eigenvalue weighted by molar-refractivity contribution is 7.14. The van der Waals surface area contributed by atoms with Crippen LogP contribution in [0.3, 0.4) is 0 Å². The molecular weight excluding hydrogens is 480 g/mol. The predicted octanol–water partition coefficient (Wildman–Crippen LogP) is 3.60. The van der Waals surface area contributed by atoms with Crippen LogP contribution in [0.15, 0.2) is 37.6 Å². The summed E-state index contributed by atoms with van der Waals surface area (Å²) in [6, 6.07) is 1.99. The standard InChI is InChI=1S/C21H16F4N4O4S/c1-9-11(16-17(31)28(2)20(32)29(3)18(16)33-9)7-15(30)27-19-26-14(8-34-19)12-6-10(21(23,24)25)4-5-13(12)22/h4-6,8H,7H2,1-3H3,(H,26,27,30). The monoisotopic (exact) mass is 496 g/mol. The third kappa shape index (κ3) is 4.02. The van der Waals surface area contributed by atoms with Gasteiger partial charge in [0.05, 0.1) is 17.7 Å². The van der Waals surface area contributed by atoms with E-state index in [1.165, 1.54) is 19.5 Å². The SMILES string of the molecule is Cc1oc2c(c1CC(=O)Nc1nc(-c3cc(C(F)(F)F)ccc3F)cs1)c(=O)n(C)c(=O)n2C. The van der Waals surface area contributed by atoms with Crippen LogP contribution in [-0.2, 0) is 31.5 Å². The number of aromatic nitrogens is 3. The van der Waals surface area contributed by atoms with Gasteiger partial charge in [-0.05, 0) is 25.1 Å². The van der Waals surface area contributed by atoms with Crippen molar-refractivity contribution in [2.24, 2.45) is 14.1 Å². The fourth-order valence-electron chi connectivity index (χ4n) is 3.48. The van der Waals surface area contributed by atoms with Crippen molar-refractivity contribution in [3.8, 4) is 11.3 Å². The molecule has 0 saturated carbocycles. The van der Waals surface area contributed by atoms with Crippen molar-refractivity contribution in [1.82, 2.24) is 14.1 Å². The first-order chi connectivity index (χ1) is 15.9. The molecule has 1 amide bonds. The summed E-state index contributed by atoms with van der Waals surface area (Å²) in [6.07, 6.45) is -4.94. The zero-order valence-electron chi connectivity index (χ0n) is 17.9. The lowest BCUT2D eigenvalue weighted by molar-refractivity contribution is -0.137. The zero-order chi connectivity index (χ0) is 24.9. The van der Waals surface area contributed by atoms with Crippen molar-refractivity contribution in [2.45, 2.75) is 19.5 Å². The highest BCUT2D eigenvalue weighted by atomic mass is 32.1. The van der Waals surface area contributed by atoms with Crippen LogP contribution in [0.25, 0.3) is 22.4 Å². The van der Waals surface area contributed by atoms with Crippen molar-refractivity contribution in [1.29, 1.82) is 0 Å². The molecule has 3 aromatic heterocycles. The van der Waals surface area contributed by atoms with Crippen molar-refractivity contribution >= 4 is 33.5 Å². The summed E-state index contributed by atoms with van der Waals surface area (Å²) in [5.74, 6) is -1.21. The van der Waals surface area contributed by atoms with Gasteiger partial charge in [0, 0.05) is 30.6 Å². The van der Waals surface area contributed by atoms with Crippen LogP contribution in [0.1, 0.15) is 16.9 Å². The number of nitrogens with zero attached hydrogens (tertiary/aromatic N) is 3. The Morgan fingerprint density at radius 3 is 2.59 bits per heavy atom. The van der Waals surface area contributed by atoms with E-state index < -0.39 is 34.7 Å². The minimum Gasteiger partial charge on any atom is -0.444 e. The van der Waals surface area contributed by atoms with E-state index >= 15 is 0 Å². The summed E-state index contributed by atoms with van der Waals surface area (Å²) in [7, 11) is 2.74. The van der Waals surface area contributed by atoms with E-state index in [-0.39, 0.29) is 45.2 Å². The second kappa shape index (κ2) is 8.24. The van der Waals surface area contributed by atoms with Crippen LogP contribution < -0.4 is 16.6 Å². The number of hydrogen-bond acceptors (Lipinski definition) is 6. The van der Waals surface area contributed by atoms with Gasteiger partial charge in [0.1, 0.15) is 17.0 Å². The number of thiazole rings is 1. The number of benzene rings is 1. The van der Waals surface area contributed by atoms with Crippen LogP contribution in [0, 0.1) is 12.7 Å². The molecule has 8 nitrogen and oxygen atoms in total. The molecule has 0 radical (unpaired) electrons. The van der Waals surface area contributed by atoms with E-state index in [1.54, 1.807) is 6.92 Å². The molecule has 34 heavy (non-hydrogen) atoms. The number of furan rings is 1. The molecule has 0 bridgehead atoms. The van der Waals surface area contributed by atoms with Gasteiger partial charge in [0.2, 0.25) is 11.6 Å². The predicted molar refractivity (Wildman–Crippen MR) is 116 cm³/mol. The highest BCUT2D eigenvalue weighted by Gasteiger charge is 2.31. The van der Waals surface area contributed by atoms with Crippen LogP contribution in [-0.4, -0.2) is 20.0 Å². The molecule has 4 aromatic rings. The molecule has 1 N–H and O–H groups in total. The normalized spacial score (nSPS) is 11.9. The lowest BCUT2D eigenvalue weighted by Gasteiger charge is -2.08. The molecular formula is C21H16F4N4O4S. The summed E-state index contributed by atoms with van der Waals surface area (Å²) < 4.78 is 60.6. The molecule has 0 atom stereocenters. The molecule has 178 valence electrons. The lowest BCUT2D eigenvalue weighted by atomic mass is 10.1. The third-order valence-electron chi connectivity index (χ3n) is 5.24. The quantitative estimate of drug-likeness (QED) is 0.436. The summed E-state index contributed by atoms with van der Waals surface area (Å²) in [5, 5.41) is 3.93. The molecule has 0 aliphatic rings. The summed E-state index contributed by atoms with van der Waals surface area (Å²) in [5.41, 5.74) is -2.34. The minimum atomic E-state index is -4.65. The first-order valence-corrected chi connectivity index (χ1v) is 10.6. The number of anilines is 1. The number of carbonyl (C=O) groups excluding carboxylic acids is 1. The van der Waals surface area contributed by atoms with Crippen molar-refractivity contribution in [3.05, 3.63) is 67.1 Å². The molecule has 0 fully saturated rings. The van der Waals surface area contributed by atoms with Crippen molar-refractivity contribution in [3.63, 3.8) is 0 Å². The van der Waals surface area contributed by atoms with Crippen LogP contribution in [0.5, 0.6) is 0 Å². The summed E-state index contributed by atoms with van der Waals surface area (Å²) in [6.45, 7) is 1.55. The second-order valence-corrected chi connectivity index (χ2v) is 8.34. The van der Waals surface area contributed by atoms with E-state index in [0.29, 0.717) is 18.2 Å². The van der Waals surface area contributed by atoms with E-state index in [9.17, 15) is 31.9 Å². The number of fused-ring (bicyclic) bond motifs is 1. The fourth-order valence-corrected chi connectivity index (χ4v) is 4.20. The number of amides is 1. The van der Waals surface area contributed by atoms with Crippen LogP contribution in [0.2, 0.25) is 0 Å². The van der Waals surface area contributed by atoms with Gasteiger partial charge in [-0.2, -0.15) is 13.2 Å². The van der Waals surface area contributed by atoms with E-state index in [0.717, 1.165) is 20.5 Å². The maximum atomic E-state index is 14.1. The van der Waals surface area contributed by atoms with Gasteiger partial charge in [-0.25, -0.2) is 14.2 Å². The maximum Gasteiger partial charge on any atom is 0.416 e. The number of carbonyl (C=O) groups is 1. The van der Waals surface area contributed by atoms with E-state index in [4.69, 9.17) is 4.42 Å². The first-order valence-electron chi connectivity index (χ1n) is 9.69. The molecule has 13 heteroatoms. The number of rotatable bonds is 4. The van der Waals surface area contributed by atoms with Gasteiger partial charge < -0.3 is 9.73 Å². The molecule has 0 saturated heterocycles. The minimum absolute atomic E-state index is 0.0302. The van der Waals surface area contributed by atoms with Crippen molar-refractivity contribution in [2.75, 3.05) is 5.32 Å². The van der Waals surface area contributed by atoms with E-state index in [2.05, 4.69) is 10.3 Å². The molecule has 3 heterocycles. The van der Waals surface area contributed by atoms with E-state index in [1.807, 2.05) is 0 Å². The van der Waals surface area contributed by atoms with Crippen molar-refractivity contribution < 1.29 is 26.8 Å². The average Bonchev–Trinajstić information content (AvgIpc) is 3.35. The lowest BCUT2D eigenvalue weighted by Crippen LogP contribution is -2.36. The Bertz CT molecular complexity index is 1560. The topological polar surface area (TPSA) is 99.1 Å².